The largest absolute Gasteiger partial charge is 0.454 e. The van der Waals surface area contributed by atoms with Crippen LogP contribution in [0.2, 0.25) is 0 Å². The fourth-order valence-electron chi connectivity index (χ4n) is 3.52. The molecule has 33 heavy (non-hydrogen) atoms. The van der Waals surface area contributed by atoms with Gasteiger partial charge in [0.05, 0.1) is 11.0 Å². The van der Waals surface area contributed by atoms with Crippen molar-refractivity contribution in [2.45, 2.75) is 19.4 Å². The molecule has 1 saturated heterocycles. The number of rotatable bonds is 8. The molecule has 10 heteroatoms. The minimum atomic E-state index is -0.578. The van der Waals surface area contributed by atoms with E-state index in [4.69, 9.17) is 9.47 Å². The van der Waals surface area contributed by atoms with E-state index in [1.807, 2.05) is 19.1 Å². The third-order valence-corrected chi connectivity index (χ3v) is 5.20. The van der Waals surface area contributed by atoms with Gasteiger partial charge in [-0.15, -0.1) is 0 Å². The quantitative estimate of drug-likeness (QED) is 0.376. The van der Waals surface area contributed by atoms with E-state index in [9.17, 15) is 19.3 Å². The second-order valence-electron chi connectivity index (χ2n) is 7.40. The summed E-state index contributed by atoms with van der Waals surface area (Å²) in [6, 6.07) is 14.3. The molecule has 0 radical (unpaired) electrons. The Morgan fingerprint density at radius 2 is 2.03 bits per heavy atom. The minimum absolute atomic E-state index is 0.00278. The Morgan fingerprint density at radius 1 is 1.24 bits per heavy atom. The summed E-state index contributed by atoms with van der Waals surface area (Å²) in [5, 5.41) is 13.6. The van der Waals surface area contributed by atoms with Crippen LogP contribution in [0.4, 0.5) is 26.4 Å². The Labute approximate surface area is 188 Å². The monoisotopic (exact) mass is 452 g/mol. The van der Waals surface area contributed by atoms with Crippen LogP contribution in [0.1, 0.15) is 12.5 Å². The SMILES string of the molecule is CCN1C(=O)OC[C@@H]1Cc1ccc(Oc2ccc(Nc3ccc([N+](=O)[O-])cn3)cc2F)cc1. The van der Waals surface area contributed by atoms with E-state index in [2.05, 4.69) is 10.3 Å². The highest BCUT2D eigenvalue weighted by molar-refractivity contribution is 5.70. The number of ether oxygens (including phenoxy) is 2. The van der Waals surface area contributed by atoms with Crippen LogP contribution in [0.3, 0.4) is 0 Å². The summed E-state index contributed by atoms with van der Waals surface area (Å²) in [5.41, 5.74) is 1.30. The number of carbonyl (C=O) groups is 1. The molecule has 1 amide bonds. The fourth-order valence-corrected chi connectivity index (χ4v) is 3.52. The van der Waals surface area contributed by atoms with Gasteiger partial charge in [-0.1, -0.05) is 12.1 Å². The van der Waals surface area contributed by atoms with Gasteiger partial charge < -0.3 is 19.7 Å². The number of hydrogen-bond donors (Lipinski definition) is 1. The van der Waals surface area contributed by atoms with Crippen molar-refractivity contribution >= 4 is 23.3 Å². The van der Waals surface area contributed by atoms with Crippen molar-refractivity contribution in [1.82, 2.24) is 9.88 Å². The van der Waals surface area contributed by atoms with Gasteiger partial charge in [0, 0.05) is 24.4 Å². The van der Waals surface area contributed by atoms with Crippen LogP contribution in [0, 0.1) is 15.9 Å². The van der Waals surface area contributed by atoms with Crippen LogP contribution in [0.15, 0.2) is 60.8 Å². The lowest BCUT2D eigenvalue weighted by Gasteiger charge is -2.19. The Morgan fingerprint density at radius 3 is 2.67 bits per heavy atom. The molecule has 1 aliphatic rings. The first-order valence-corrected chi connectivity index (χ1v) is 10.3. The lowest BCUT2D eigenvalue weighted by atomic mass is 10.1. The van der Waals surface area contributed by atoms with E-state index in [1.165, 1.54) is 24.3 Å². The van der Waals surface area contributed by atoms with Gasteiger partial charge in [0.1, 0.15) is 24.4 Å². The lowest BCUT2D eigenvalue weighted by molar-refractivity contribution is -0.385. The molecule has 1 atom stereocenters. The Kier molecular flexibility index (Phi) is 6.34. The zero-order valence-corrected chi connectivity index (χ0v) is 17.7. The molecule has 0 aliphatic carbocycles. The van der Waals surface area contributed by atoms with Crippen LogP contribution >= 0.6 is 0 Å². The van der Waals surface area contributed by atoms with Crippen molar-refractivity contribution in [2.24, 2.45) is 0 Å². The molecule has 1 aliphatic heterocycles. The number of likely N-dealkylation sites (N-methyl/N-ethyl adjacent to an activating group) is 1. The molecule has 2 heterocycles. The highest BCUT2D eigenvalue weighted by atomic mass is 19.1. The van der Waals surface area contributed by atoms with Gasteiger partial charge in [-0.05, 0) is 49.2 Å². The number of nitrogens with zero attached hydrogens (tertiary/aromatic N) is 3. The number of nitro groups is 1. The third-order valence-electron chi connectivity index (χ3n) is 5.20. The number of carbonyl (C=O) groups excluding carboxylic acids is 1. The Balaban J connectivity index is 1.38. The van der Waals surface area contributed by atoms with E-state index in [1.54, 1.807) is 23.1 Å². The van der Waals surface area contributed by atoms with Gasteiger partial charge in [-0.2, -0.15) is 0 Å². The normalized spacial score (nSPS) is 15.3. The number of nitrogens with one attached hydrogen (secondary N) is 1. The second kappa shape index (κ2) is 9.51. The van der Waals surface area contributed by atoms with Crippen molar-refractivity contribution in [2.75, 3.05) is 18.5 Å². The average Bonchev–Trinajstić information content (AvgIpc) is 3.16. The molecule has 1 N–H and O–H groups in total. The fraction of sp³-hybridized carbons (Fsp3) is 0.217. The first kappa shape index (κ1) is 22.0. The zero-order valence-electron chi connectivity index (χ0n) is 17.7. The van der Waals surface area contributed by atoms with Crippen LogP contribution in [-0.2, 0) is 11.2 Å². The summed E-state index contributed by atoms with van der Waals surface area (Å²) < 4.78 is 25.3. The minimum Gasteiger partial charge on any atom is -0.454 e. The van der Waals surface area contributed by atoms with E-state index < -0.39 is 10.7 Å². The summed E-state index contributed by atoms with van der Waals surface area (Å²) in [7, 11) is 0. The van der Waals surface area contributed by atoms with Crippen molar-refractivity contribution in [3.63, 3.8) is 0 Å². The molecule has 2 aromatic carbocycles. The number of amides is 1. The number of halogens is 1. The number of anilines is 2. The maximum Gasteiger partial charge on any atom is 0.410 e. The molecule has 9 nitrogen and oxygen atoms in total. The maximum atomic E-state index is 14.6. The smallest absolute Gasteiger partial charge is 0.410 e. The van der Waals surface area contributed by atoms with E-state index >= 15 is 0 Å². The molecule has 0 saturated carbocycles. The molecule has 3 aromatic rings. The van der Waals surface area contributed by atoms with E-state index in [0.29, 0.717) is 36.8 Å². The van der Waals surface area contributed by atoms with Gasteiger partial charge in [0.2, 0.25) is 0 Å². The van der Waals surface area contributed by atoms with Crippen molar-refractivity contribution in [3.05, 3.63) is 82.3 Å². The van der Waals surface area contributed by atoms with Crippen molar-refractivity contribution < 1.29 is 23.6 Å². The Hall–Kier alpha value is -4.21. The first-order chi connectivity index (χ1) is 15.9. The molecule has 0 spiro atoms. The summed E-state index contributed by atoms with van der Waals surface area (Å²) >= 11 is 0. The van der Waals surface area contributed by atoms with E-state index in [0.717, 1.165) is 11.8 Å². The van der Waals surface area contributed by atoms with Crippen LogP contribution in [-0.4, -0.2) is 40.1 Å². The Bertz CT molecular complexity index is 1150. The summed E-state index contributed by atoms with van der Waals surface area (Å²) in [5.74, 6) is 0.296. The topological polar surface area (TPSA) is 107 Å². The summed E-state index contributed by atoms with van der Waals surface area (Å²) in [6.45, 7) is 2.87. The molecular weight excluding hydrogens is 431 g/mol. The van der Waals surface area contributed by atoms with Gasteiger partial charge in [-0.3, -0.25) is 10.1 Å². The van der Waals surface area contributed by atoms with Crippen molar-refractivity contribution in [3.8, 4) is 11.5 Å². The zero-order chi connectivity index (χ0) is 23.4. The number of aromatic nitrogens is 1. The molecule has 170 valence electrons. The van der Waals surface area contributed by atoms with Crippen LogP contribution in [0.25, 0.3) is 0 Å². The van der Waals surface area contributed by atoms with Crippen LogP contribution in [0.5, 0.6) is 11.5 Å². The number of pyridine rings is 1. The van der Waals surface area contributed by atoms with Gasteiger partial charge >= 0.3 is 6.09 Å². The number of hydrogen-bond acceptors (Lipinski definition) is 7. The average molecular weight is 452 g/mol. The van der Waals surface area contributed by atoms with Crippen LogP contribution < -0.4 is 10.1 Å². The predicted molar refractivity (Wildman–Crippen MR) is 118 cm³/mol. The molecular formula is C23H21FN4O5. The molecule has 1 fully saturated rings. The molecule has 1 aromatic heterocycles. The molecule has 4 rings (SSSR count). The summed E-state index contributed by atoms with van der Waals surface area (Å²) in [6.07, 6.45) is 1.49. The van der Waals surface area contributed by atoms with Gasteiger partial charge in [0.25, 0.3) is 5.69 Å². The summed E-state index contributed by atoms with van der Waals surface area (Å²) in [4.78, 5) is 27.5. The lowest BCUT2D eigenvalue weighted by Crippen LogP contribution is -2.34. The van der Waals surface area contributed by atoms with E-state index in [-0.39, 0.29) is 23.6 Å². The first-order valence-electron chi connectivity index (χ1n) is 10.3. The van der Waals surface area contributed by atoms with Gasteiger partial charge in [0.15, 0.2) is 11.6 Å². The maximum absolute atomic E-state index is 14.6. The standard InChI is InChI=1S/C23H21FN4O5/c1-2-27-18(14-32-23(27)29)11-15-3-7-19(8-4-15)33-21-9-5-16(12-20(21)24)26-22-10-6-17(13-25-22)28(30)31/h3-10,12-13,18H,2,11,14H2,1H3,(H,25,26)/t18-/m0/s1. The van der Waals surface area contributed by atoms with Gasteiger partial charge in [-0.25, -0.2) is 14.2 Å². The van der Waals surface area contributed by atoms with Crippen molar-refractivity contribution in [1.29, 1.82) is 0 Å². The highest BCUT2D eigenvalue weighted by Crippen LogP contribution is 2.28. The highest BCUT2D eigenvalue weighted by Gasteiger charge is 2.31. The number of benzene rings is 2. The third kappa shape index (κ3) is 5.17. The second-order valence-corrected chi connectivity index (χ2v) is 7.40. The number of cyclic esters (lactones) is 1. The predicted octanol–water partition coefficient (Wildman–Crippen LogP) is 5.05. The molecule has 0 unspecified atom stereocenters. The molecule has 0 bridgehead atoms.